The highest BCUT2D eigenvalue weighted by atomic mass is 16.4. The SMILES string of the molecule is CCCCN(CCO)C(=O)NC(C(=O)O)c1ccccc1. The second-order valence-corrected chi connectivity index (χ2v) is 4.70. The number of unbranched alkanes of at least 4 members (excludes halogenated alkanes) is 1. The third kappa shape index (κ3) is 5.43. The summed E-state index contributed by atoms with van der Waals surface area (Å²) in [7, 11) is 0. The lowest BCUT2D eigenvalue weighted by Gasteiger charge is -2.24. The molecule has 0 aliphatic heterocycles. The van der Waals surface area contributed by atoms with Crippen LogP contribution in [0.25, 0.3) is 0 Å². The van der Waals surface area contributed by atoms with Crippen LogP contribution in [0.4, 0.5) is 4.79 Å². The summed E-state index contributed by atoms with van der Waals surface area (Å²) in [6.07, 6.45) is 1.72. The first-order chi connectivity index (χ1) is 10.1. The number of aliphatic carboxylic acids is 1. The van der Waals surface area contributed by atoms with Gasteiger partial charge in [-0.15, -0.1) is 0 Å². The van der Waals surface area contributed by atoms with Crippen LogP contribution >= 0.6 is 0 Å². The molecule has 0 aliphatic rings. The van der Waals surface area contributed by atoms with Crippen LogP contribution in [0.15, 0.2) is 30.3 Å². The van der Waals surface area contributed by atoms with Crippen LogP contribution in [0.1, 0.15) is 31.4 Å². The second kappa shape index (κ2) is 8.97. The standard InChI is InChI=1S/C15H22N2O4/c1-2-3-9-17(10-11-18)15(21)16-13(14(19)20)12-7-5-4-6-8-12/h4-8,13,18H,2-3,9-11H2,1H3,(H,16,21)(H,19,20). The molecule has 0 radical (unpaired) electrons. The van der Waals surface area contributed by atoms with E-state index in [4.69, 9.17) is 5.11 Å². The van der Waals surface area contributed by atoms with E-state index in [1.54, 1.807) is 30.3 Å². The smallest absolute Gasteiger partial charge is 0.330 e. The third-order valence-corrected chi connectivity index (χ3v) is 3.09. The van der Waals surface area contributed by atoms with Gasteiger partial charge in [-0.1, -0.05) is 43.7 Å². The van der Waals surface area contributed by atoms with Gasteiger partial charge in [-0.05, 0) is 12.0 Å². The molecular weight excluding hydrogens is 272 g/mol. The Morgan fingerprint density at radius 2 is 1.90 bits per heavy atom. The molecule has 0 fully saturated rings. The molecule has 6 nitrogen and oxygen atoms in total. The summed E-state index contributed by atoms with van der Waals surface area (Å²) in [6, 6.07) is 6.96. The van der Waals surface area contributed by atoms with E-state index in [-0.39, 0.29) is 13.2 Å². The zero-order valence-electron chi connectivity index (χ0n) is 12.2. The fourth-order valence-corrected chi connectivity index (χ4v) is 1.93. The molecule has 1 unspecified atom stereocenters. The highest BCUT2D eigenvalue weighted by Crippen LogP contribution is 2.13. The summed E-state index contributed by atoms with van der Waals surface area (Å²) in [5.74, 6) is -1.12. The summed E-state index contributed by atoms with van der Waals surface area (Å²) < 4.78 is 0. The molecule has 3 N–H and O–H groups in total. The number of nitrogens with zero attached hydrogens (tertiary/aromatic N) is 1. The van der Waals surface area contributed by atoms with Gasteiger partial charge in [0, 0.05) is 13.1 Å². The molecule has 1 rings (SSSR count). The maximum absolute atomic E-state index is 12.2. The first-order valence-corrected chi connectivity index (χ1v) is 7.04. The molecule has 6 heteroatoms. The van der Waals surface area contributed by atoms with E-state index < -0.39 is 18.0 Å². The summed E-state index contributed by atoms with van der Waals surface area (Å²) in [5.41, 5.74) is 0.512. The quantitative estimate of drug-likeness (QED) is 0.679. The number of rotatable bonds is 8. The van der Waals surface area contributed by atoms with Gasteiger partial charge < -0.3 is 20.4 Å². The van der Waals surface area contributed by atoms with Gasteiger partial charge in [0.25, 0.3) is 0 Å². The van der Waals surface area contributed by atoms with Crippen molar-refractivity contribution in [3.05, 3.63) is 35.9 Å². The predicted octanol–water partition coefficient (Wildman–Crippen LogP) is 1.62. The van der Waals surface area contributed by atoms with E-state index in [0.717, 1.165) is 12.8 Å². The number of urea groups is 1. The lowest BCUT2D eigenvalue weighted by atomic mass is 10.1. The molecule has 0 saturated heterocycles. The van der Waals surface area contributed by atoms with Crippen LogP contribution < -0.4 is 5.32 Å². The maximum atomic E-state index is 12.2. The van der Waals surface area contributed by atoms with Gasteiger partial charge in [0.15, 0.2) is 6.04 Å². The Labute approximate surface area is 124 Å². The summed E-state index contributed by atoms with van der Waals surface area (Å²) in [4.78, 5) is 24.9. The number of carboxylic acid groups (broad SMARTS) is 1. The number of aliphatic hydroxyl groups excluding tert-OH is 1. The van der Waals surface area contributed by atoms with Crippen molar-refractivity contribution in [3.63, 3.8) is 0 Å². The number of benzene rings is 1. The lowest BCUT2D eigenvalue weighted by Crippen LogP contribution is -2.45. The molecule has 0 spiro atoms. The first kappa shape index (κ1) is 17.0. The molecule has 2 amide bonds. The van der Waals surface area contributed by atoms with Crippen LogP contribution in [0.5, 0.6) is 0 Å². The van der Waals surface area contributed by atoms with Gasteiger partial charge >= 0.3 is 12.0 Å². The average molecular weight is 294 g/mol. The molecule has 116 valence electrons. The summed E-state index contributed by atoms with van der Waals surface area (Å²) in [5, 5.41) is 20.8. The van der Waals surface area contributed by atoms with Crippen molar-refractivity contribution >= 4 is 12.0 Å². The van der Waals surface area contributed by atoms with E-state index in [9.17, 15) is 14.7 Å². The molecule has 0 aliphatic carbocycles. The second-order valence-electron chi connectivity index (χ2n) is 4.70. The van der Waals surface area contributed by atoms with Crippen LogP contribution in [-0.2, 0) is 4.79 Å². The lowest BCUT2D eigenvalue weighted by molar-refractivity contribution is -0.139. The van der Waals surface area contributed by atoms with Crippen LogP contribution in [-0.4, -0.2) is 46.8 Å². The normalized spacial score (nSPS) is 11.7. The molecule has 1 aromatic carbocycles. The fraction of sp³-hybridized carbons (Fsp3) is 0.467. The Morgan fingerprint density at radius 3 is 2.43 bits per heavy atom. The minimum Gasteiger partial charge on any atom is -0.479 e. The number of carboxylic acids is 1. The highest BCUT2D eigenvalue weighted by molar-refractivity contribution is 5.83. The third-order valence-electron chi connectivity index (χ3n) is 3.09. The highest BCUT2D eigenvalue weighted by Gasteiger charge is 2.24. The number of hydrogen-bond acceptors (Lipinski definition) is 3. The van der Waals surface area contributed by atoms with Gasteiger partial charge in [0.05, 0.1) is 6.61 Å². The molecule has 1 aromatic rings. The Balaban J connectivity index is 2.77. The van der Waals surface area contributed by atoms with Crippen molar-refractivity contribution < 1.29 is 19.8 Å². The molecule has 0 saturated carbocycles. The van der Waals surface area contributed by atoms with E-state index >= 15 is 0 Å². The van der Waals surface area contributed by atoms with E-state index in [2.05, 4.69) is 5.32 Å². The number of carbonyl (C=O) groups is 2. The van der Waals surface area contributed by atoms with Gasteiger partial charge in [0.1, 0.15) is 0 Å². The van der Waals surface area contributed by atoms with Gasteiger partial charge in [0.2, 0.25) is 0 Å². The van der Waals surface area contributed by atoms with Crippen LogP contribution in [0, 0.1) is 0 Å². The van der Waals surface area contributed by atoms with Crippen molar-refractivity contribution in [1.29, 1.82) is 0 Å². The maximum Gasteiger partial charge on any atom is 0.330 e. The van der Waals surface area contributed by atoms with Crippen molar-refractivity contribution in [2.45, 2.75) is 25.8 Å². The molecule has 1 atom stereocenters. The van der Waals surface area contributed by atoms with E-state index in [0.29, 0.717) is 12.1 Å². The van der Waals surface area contributed by atoms with Gasteiger partial charge in [-0.2, -0.15) is 0 Å². The zero-order valence-corrected chi connectivity index (χ0v) is 12.2. The number of carbonyl (C=O) groups excluding carboxylic acids is 1. The first-order valence-electron chi connectivity index (χ1n) is 7.04. The Bertz CT molecular complexity index is 450. The van der Waals surface area contributed by atoms with Crippen molar-refractivity contribution in [2.24, 2.45) is 0 Å². The topological polar surface area (TPSA) is 89.9 Å². The number of amides is 2. The Kier molecular flexibility index (Phi) is 7.25. The average Bonchev–Trinajstić information content (AvgIpc) is 2.49. The van der Waals surface area contributed by atoms with Gasteiger partial charge in [-0.25, -0.2) is 9.59 Å². The van der Waals surface area contributed by atoms with Crippen molar-refractivity contribution in [3.8, 4) is 0 Å². The minimum atomic E-state index is -1.12. The molecule has 21 heavy (non-hydrogen) atoms. The summed E-state index contributed by atoms with van der Waals surface area (Å²) in [6.45, 7) is 2.52. The fourth-order valence-electron chi connectivity index (χ4n) is 1.93. The molecular formula is C15H22N2O4. The number of hydrogen-bond donors (Lipinski definition) is 3. The largest absolute Gasteiger partial charge is 0.479 e. The summed E-state index contributed by atoms with van der Waals surface area (Å²) >= 11 is 0. The minimum absolute atomic E-state index is 0.153. The zero-order chi connectivity index (χ0) is 15.7. The van der Waals surface area contributed by atoms with Gasteiger partial charge in [-0.3, -0.25) is 0 Å². The van der Waals surface area contributed by atoms with Crippen LogP contribution in [0.2, 0.25) is 0 Å². The Morgan fingerprint density at radius 1 is 1.24 bits per heavy atom. The predicted molar refractivity (Wildman–Crippen MR) is 78.9 cm³/mol. The molecule has 0 bridgehead atoms. The van der Waals surface area contributed by atoms with E-state index in [1.807, 2.05) is 6.92 Å². The molecule has 0 aromatic heterocycles. The van der Waals surface area contributed by atoms with E-state index in [1.165, 1.54) is 4.90 Å². The number of aliphatic hydroxyl groups is 1. The van der Waals surface area contributed by atoms with Crippen molar-refractivity contribution in [2.75, 3.05) is 19.7 Å². The van der Waals surface area contributed by atoms with Crippen LogP contribution in [0.3, 0.4) is 0 Å². The monoisotopic (exact) mass is 294 g/mol. The molecule has 0 heterocycles. The number of nitrogens with one attached hydrogen (secondary N) is 1. The van der Waals surface area contributed by atoms with Crippen molar-refractivity contribution in [1.82, 2.24) is 10.2 Å². The Hall–Kier alpha value is -2.08.